The van der Waals surface area contributed by atoms with E-state index in [1.165, 1.54) is 16.3 Å². The summed E-state index contributed by atoms with van der Waals surface area (Å²) >= 11 is 1.28. The van der Waals surface area contributed by atoms with Crippen molar-refractivity contribution in [2.75, 3.05) is 7.11 Å². The number of para-hydroxylation sites is 1. The third-order valence-corrected chi connectivity index (χ3v) is 5.11. The van der Waals surface area contributed by atoms with Crippen molar-refractivity contribution in [3.05, 3.63) is 64.4 Å². The van der Waals surface area contributed by atoms with Gasteiger partial charge >= 0.3 is 0 Å². The van der Waals surface area contributed by atoms with Crippen LogP contribution in [0.5, 0.6) is 5.75 Å². The van der Waals surface area contributed by atoms with Crippen LogP contribution in [-0.4, -0.2) is 27.7 Å². The van der Waals surface area contributed by atoms with E-state index >= 15 is 0 Å². The number of ether oxygens (including phenoxy) is 1. The maximum Gasteiger partial charge on any atom is 0.261 e. The summed E-state index contributed by atoms with van der Waals surface area (Å²) in [5.74, 6) is 0.686. The van der Waals surface area contributed by atoms with Gasteiger partial charge in [-0.15, -0.1) is 0 Å². The lowest BCUT2D eigenvalue weighted by atomic mass is 10.1. The van der Waals surface area contributed by atoms with Crippen molar-refractivity contribution in [2.24, 2.45) is 7.05 Å². The fourth-order valence-corrected chi connectivity index (χ4v) is 3.46. The van der Waals surface area contributed by atoms with E-state index in [-0.39, 0.29) is 16.6 Å². The maximum absolute atomic E-state index is 12.6. The monoisotopic (exact) mass is 354 g/mol. The van der Waals surface area contributed by atoms with E-state index in [1.807, 2.05) is 19.1 Å². The Morgan fingerprint density at radius 2 is 1.84 bits per heavy atom. The van der Waals surface area contributed by atoms with Gasteiger partial charge in [0.15, 0.2) is 10.9 Å². The molecule has 6 heteroatoms. The number of carbonyl (C=O) groups excluding carboxylic acids is 1. The van der Waals surface area contributed by atoms with Crippen LogP contribution < -0.4 is 10.3 Å². The van der Waals surface area contributed by atoms with Gasteiger partial charge in [0.05, 0.1) is 23.3 Å². The number of hydrogen-bond acceptors (Lipinski definition) is 5. The largest absolute Gasteiger partial charge is 0.497 e. The summed E-state index contributed by atoms with van der Waals surface area (Å²) in [6.45, 7) is 1.82. The normalized spacial score (nSPS) is 12.1. The molecule has 3 aromatic rings. The number of aromatic nitrogens is 2. The third kappa shape index (κ3) is 3.44. The Balaban J connectivity index is 1.88. The molecule has 1 atom stereocenters. The van der Waals surface area contributed by atoms with Gasteiger partial charge < -0.3 is 4.74 Å². The third-order valence-electron chi connectivity index (χ3n) is 3.97. The second-order valence-corrected chi connectivity index (χ2v) is 6.94. The SMILES string of the molecule is COc1ccc(C(=O)C(C)Sc2nc3ccccc3c(=O)n2C)cc1. The Hall–Kier alpha value is -2.60. The van der Waals surface area contributed by atoms with Crippen LogP contribution >= 0.6 is 11.8 Å². The van der Waals surface area contributed by atoms with Crippen molar-refractivity contribution in [3.63, 3.8) is 0 Å². The van der Waals surface area contributed by atoms with Crippen LogP contribution in [0.4, 0.5) is 0 Å². The first-order chi connectivity index (χ1) is 12.0. The van der Waals surface area contributed by atoms with Crippen molar-refractivity contribution in [2.45, 2.75) is 17.3 Å². The molecule has 0 saturated heterocycles. The Kier molecular flexibility index (Phi) is 4.90. The van der Waals surface area contributed by atoms with Crippen molar-refractivity contribution in [3.8, 4) is 5.75 Å². The first-order valence-corrected chi connectivity index (χ1v) is 8.70. The standard InChI is InChI=1S/C19H18N2O3S/c1-12(17(22)13-8-10-14(24-3)11-9-13)25-19-20-16-7-5-4-6-15(16)18(23)21(19)2/h4-12H,1-3H3. The van der Waals surface area contributed by atoms with E-state index < -0.39 is 0 Å². The van der Waals surface area contributed by atoms with Crippen LogP contribution in [0.25, 0.3) is 10.9 Å². The summed E-state index contributed by atoms with van der Waals surface area (Å²) < 4.78 is 6.60. The van der Waals surface area contributed by atoms with Crippen LogP contribution in [-0.2, 0) is 7.05 Å². The average Bonchev–Trinajstić information content (AvgIpc) is 2.65. The summed E-state index contributed by atoms with van der Waals surface area (Å²) in [6.07, 6.45) is 0. The highest BCUT2D eigenvalue weighted by Gasteiger charge is 2.19. The number of nitrogens with zero attached hydrogens (tertiary/aromatic N) is 2. The highest BCUT2D eigenvalue weighted by atomic mass is 32.2. The molecule has 2 aromatic carbocycles. The number of benzene rings is 2. The first kappa shape index (κ1) is 17.2. The van der Waals surface area contributed by atoms with Gasteiger partial charge in [0.25, 0.3) is 5.56 Å². The zero-order valence-corrected chi connectivity index (χ0v) is 15.0. The van der Waals surface area contributed by atoms with Gasteiger partial charge in [-0.1, -0.05) is 23.9 Å². The number of rotatable bonds is 5. The molecule has 0 saturated carbocycles. The van der Waals surface area contributed by atoms with E-state index in [1.54, 1.807) is 50.6 Å². The van der Waals surface area contributed by atoms with Gasteiger partial charge in [0.1, 0.15) is 5.75 Å². The zero-order valence-electron chi connectivity index (χ0n) is 14.2. The highest BCUT2D eigenvalue weighted by molar-refractivity contribution is 8.00. The molecule has 5 nitrogen and oxygen atoms in total. The van der Waals surface area contributed by atoms with E-state index in [4.69, 9.17) is 4.74 Å². The molecule has 3 rings (SSSR count). The molecular formula is C19H18N2O3S. The Morgan fingerprint density at radius 1 is 1.16 bits per heavy atom. The molecule has 128 valence electrons. The van der Waals surface area contributed by atoms with Crippen molar-refractivity contribution in [1.29, 1.82) is 0 Å². The molecule has 0 N–H and O–H groups in total. The van der Waals surface area contributed by atoms with Crippen molar-refractivity contribution >= 4 is 28.4 Å². The van der Waals surface area contributed by atoms with Gasteiger partial charge in [-0.3, -0.25) is 14.2 Å². The van der Waals surface area contributed by atoms with Gasteiger partial charge in [-0.25, -0.2) is 4.98 Å². The highest BCUT2D eigenvalue weighted by Crippen LogP contribution is 2.25. The second kappa shape index (κ2) is 7.11. The molecule has 0 bridgehead atoms. The molecule has 0 fully saturated rings. The summed E-state index contributed by atoms with van der Waals surface area (Å²) in [6, 6.07) is 14.2. The van der Waals surface area contributed by atoms with Crippen LogP contribution in [0.2, 0.25) is 0 Å². The van der Waals surface area contributed by atoms with Crippen molar-refractivity contribution in [1.82, 2.24) is 9.55 Å². The van der Waals surface area contributed by atoms with Crippen LogP contribution in [0.3, 0.4) is 0 Å². The number of hydrogen-bond donors (Lipinski definition) is 0. The topological polar surface area (TPSA) is 61.2 Å². The van der Waals surface area contributed by atoms with Gasteiger partial charge in [-0.2, -0.15) is 0 Å². The van der Waals surface area contributed by atoms with Crippen molar-refractivity contribution < 1.29 is 9.53 Å². The molecule has 0 aliphatic rings. The quantitative estimate of drug-likeness (QED) is 0.400. The fourth-order valence-electron chi connectivity index (χ4n) is 2.50. The predicted octanol–water partition coefficient (Wildman–Crippen LogP) is 3.31. The average molecular weight is 354 g/mol. The van der Waals surface area contributed by atoms with E-state index in [0.717, 1.165) is 0 Å². The number of thioether (sulfide) groups is 1. The number of methoxy groups -OCH3 is 1. The molecule has 0 spiro atoms. The molecular weight excluding hydrogens is 336 g/mol. The Bertz CT molecular complexity index is 980. The maximum atomic E-state index is 12.6. The lowest BCUT2D eigenvalue weighted by Gasteiger charge is -2.13. The van der Waals surface area contributed by atoms with Gasteiger partial charge in [-0.05, 0) is 43.3 Å². The summed E-state index contributed by atoms with van der Waals surface area (Å²) in [5, 5.41) is 0.731. The van der Waals surface area contributed by atoms with E-state index in [9.17, 15) is 9.59 Å². The van der Waals surface area contributed by atoms with Gasteiger partial charge in [0, 0.05) is 12.6 Å². The second-order valence-electron chi connectivity index (χ2n) is 5.63. The molecule has 0 radical (unpaired) electrons. The number of ketones is 1. The van der Waals surface area contributed by atoms with E-state index in [0.29, 0.717) is 27.4 Å². The summed E-state index contributed by atoms with van der Waals surface area (Å²) in [5.41, 5.74) is 1.13. The van der Waals surface area contributed by atoms with E-state index in [2.05, 4.69) is 4.98 Å². The van der Waals surface area contributed by atoms with Gasteiger partial charge in [0.2, 0.25) is 0 Å². The summed E-state index contributed by atoms with van der Waals surface area (Å²) in [7, 11) is 3.26. The lowest BCUT2D eigenvalue weighted by Crippen LogP contribution is -2.22. The molecule has 0 aliphatic carbocycles. The molecule has 25 heavy (non-hydrogen) atoms. The Labute approximate surface area is 149 Å². The smallest absolute Gasteiger partial charge is 0.261 e. The minimum atomic E-state index is -0.368. The zero-order chi connectivity index (χ0) is 18.0. The molecule has 1 heterocycles. The number of Topliss-reactive ketones (excluding diaryl/α,β-unsaturated/α-hetero) is 1. The minimum Gasteiger partial charge on any atom is -0.497 e. The predicted molar refractivity (Wildman–Crippen MR) is 99.6 cm³/mol. The number of fused-ring (bicyclic) bond motifs is 1. The minimum absolute atomic E-state index is 0.0185. The Morgan fingerprint density at radius 3 is 2.52 bits per heavy atom. The molecule has 1 aromatic heterocycles. The van der Waals surface area contributed by atoms with Crippen LogP contribution in [0.1, 0.15) is 17.3 Å². The lowest BCUT2D eigenvalue weighted by molar-refractivity contribution is 0.0994. The number of carbonyl (C=O) groups is 1. The molecule has 1 unspecified atom stereocenters. The molecule has 0 amide bonds. The fraction of sp³-hybridized carbons (Fsp3) is 0.211. The van der Waals surface area contributed by atoms with Crippen LogP contribution in [0.15, 0.2) is 58.5 Å². The molecule has 0 aliphatic heterocycles. The van der Waals surface area contributed by atoms with Crippen LogP contribution in [0, 0.1) is 0 Å². The summed E-state index contributed by atoms with van der Waals surface area (Å²) in [4.78, 5) is 29.6. The first-order valence-electron chi connectivity index (χ1n) is 7.82.